The zero-order valence-electron chi connectivity index (χ0n) is 50.3. The summed E-state index contributed by atoms with van der Waals surface area (Å²) in [4.78, 5) is 11.3. The quantitative estimate of drug-likeness (QED) is 0.152. The van der Waals surface area contributed by atoms with E-state index in [0.29, 0.717) is 0 Å². The van der Waals surface area contributed by atoms with Crippen LogP contribution in [0.3, 0.4) is 0 Å². The van der Waals surface area contributed by atoms with Crippen molar-refractivity contribution in [1.29, 1.82) is 0 Å². The molecule has 1 aliphatic carbocycles. The van der Waals surface area contributed by atoms with Crippen molar-refractivity contribution in [1.82, 2.24) is 15.0 Å². The Labute approximate surface area is 447 Å². The van der Waals surface area contributed by atoms with Gasteiger partial charge in [-0.05, 0) is 45.5 Å². The third kappa shape index (κ3) is 94.6. The first-order chi connectivity index (χ1) is 34.3. The lowest BCUT2D eigenvalue weighted by molar-refractivity contribution is 0.308. The zero-order valence-corrected chi connectivity index (χ0v) is 52.7. The Morgan fingerprint density at radius 2 is 0.522 bits per heavy atom. The number of hydrogen-bond acceptors (Lipinski definition) is 6. The summed E-state index contributed by atoms with van der Waals surface area (Å²) < 4.78 is 0. The molecule has 0 unspecified atom stereocenters. The lowest BCUT2D eigenvalue weighted by Crippen LogP contribution is -2.08. The van der Waals surface area contributed by atoms with Crippen molar-refractivity contribution in [2.45, 2.75) is 206 Å². The van der Waals surface area contributed by atoms with Gasteiger partial charge in [0.05, 0.1) is 11.0 Å². The maximum Gasteiger partial charge on any atom is 0.0791 e. The molecule has 402 valence electrons. The number of benzene rings is 3. The lowest BCUT2D eigenvalue weighted by Gasteiger charge is -2.22. The summed E-state index contributed by atoms with van der Waals surface area (Å²) in [6.45, 7) is 52.7. The molecular formula is C63H117N3S3. The first-order valence-corrected chi connectivity index (χ1v) is 30.0. The summed E-state index contributed by atoms with van der Waals surface area (Å²) >= 11 is 4.92. The number of rotatable bonds is 0. The molecule has 4 aromatic heterocycles. The molecule has 0 bridgehead atoms. The van der Waals surface area contributed by atoms with E-state index in [4.69, 9.17) is 0 Å². The molecule has 0 saturated heterocycles. The Hall–Kier alpha value is -3.97. The fraction of sp³-hybridized carbons (Fsp3) is 0.508. The maximum atomic E-state index is 3.78. The molecule has 0 radical (unpaired) electrons. The molecule has 7 aromatic rings. The lowest BCUT2D eigenvalue weighted by atomic mass is 9.84. The first kappa shape index (κ1) is 91.3. The number of nitrogens with zero attached hydrogens (tertiary/aromatic N) is 3. The van der Waals surface area contributed by atoms with Gasteiger partial charge >= 0.3 is 0 Å². The third-order valence-corrected chi connectivity index (χ3v) is 7.99. The minimum atomic E-state index is 1.02. The van der Waals surface area contributed by atoms with Crippen molar-refractivity contribution >= 4 is 44.8 Å². The van der Waals surface area contributed by atoms with Gasteiger partial charge in [-0.2, -0.15) is 11.3 Å². The highest BCUT2D eigenvalue weighted by Crippen LogP contribution is 2.27. The fourth-order valence-electron chi connectivity index (χ4n) is 3.84. The van der Waals surface area contributed by atoms with Gasteiger partial charge in [-0.1, -0.05) is 309 Å². The number of pyridine rings is 1. The van der Waals surface area contributed by atoms with E-state index in [1.54, 1.807) is 69.8 Å². The Morgan fingerprint density at radius 1 is 0.275 bits per heavy atom. The Balaban J connectivity index is -0.0000000594. The summed E-state index contributed by atoms with van der Waals surface area (Å²) in [5.41, 5.74) is 3.58. The van der Waals surface area contributed by atoms with Gasteiger partial charge in [0.1, 0.15) is 0 Å². The van der Waals surface area contributed by atoms with E-state index in [2.05, 4.69) is 77.3 Å². The molecule has 0 aliphatic heterocycles. The Morgan fingerprint density at radius 3 is 0.652 bits per heavy atom. The molecule has 0 amide bonds. The normalized spacial score (nSPS) is 10.2. The molecule has 1 fully saturated rings. The van der Waals surface area contributed by atoms with Crippen molar-refractivity contribution in [3.8, 4) is 0 Å². The van der Waals surface area contributed by atoms with Crippen LogP contribution >= 0.6 is 34.0 Å². The summed E-state index contributed by atoms with van der Waals surface area (Å²) in [7, 11) is 0. The van der Waals surface area contributed by atoms with Gasteiger partial charge in [0.25, 0.3) is 0 Å². The van der Waals surface area contributed by atoms with Crippen LogP contribution in [0.1, 0.15) is 206 Å². The highest BCUT2D eigenvalue weighted by atomic mass is 32.1. The van der Waals surface area contributed by atoms with Gasteiger partial charge in [-0.15, -0.1) is 22.7 Å². The van der Waals surface area contributed by atoms with E-state index in [9.17, 15) is 0 Å². The monoisotopic (exact) mass is 1010 g/mol. The van der Waals surface area contributed by atoms with Gasteiger partial charge in [0.15, 0.2) is 0 Å². The van der Waals surface area contributed by atoms with Crippen molar-refractivity contribution in [2.24, 2.45) is 11.8 Å². The van der Waals surface area contributed by atoms with Crippen LogP contribution < -0.4 is 0 Å². The second-order valence-corrected chi connectivity index (χ2v) is 12.4. The van der Waals surface area contributed by atoms with Crippen LogP contribution in [0.15, 0.2) is 173 Å². The minimum absolute atomic E-state index is 1.02. The second-order valence-electron chi connectivity index (χ2n) is 10.0. The SMILES string of the molecule is CC.CC.CC.CC.CC.CC.CC.CC.CC.CC.CC.CC.CC1CCC(C)CC1.c1ccc2ccccc2c1.c1ccccc1.c1ccncc1.c1ccsc1.c1cscn1.c1cscn1. The van der Waals surface area contributed by atoms with Crippen LogP contribution in [0.5, 0.6) is 0 Å². The molecule has 1 saturated carbocycles. The molecule has 0 N–H and O–H groups in total. The minimum Gasteiger partial charge on any atom is -0.265 e. The standard InChI is InChI=1S/C10H8.C8H16.C6H6.C5H5N.C4H4S.2C3H3NS.12C2H6/c1-2-6-10-8-4-3-7-9(10)5-1;1-7-3-5-8(2)6-4-7;2*1-2-4-6-5-3-1;1-2-4-5-3-1;2*1-2-5-3-4-1;12*1-2/h1-8H;7-8H,3-6H2,1-2H3;1-6H;1-5H;1-4H;2*1-3H;12*1-2H3. The van der Waals surface area contributed by atoms with Crippen LogP contribution in [-0.2, 0) is 0 Å². The number of thiophene rings is 1. The molecule has 0 spiro atoms. The summed E-state index contributed by atoms with van der Waals surface area (Å²) in [5.74, 6) is 2.04. The number of aromatic nitrogens is 3. The van der Waals surface area contributed by atoms with Crippen molar-refractivity contribution in [2.75, 3.05) is 0 Å². The topological polar surface area (TPSA) is 38.7 Å². The maximum absolute atomic E-state index is 3.78. The van der Waals surface area contributed by atoms with Crippen molar-refractivity contribution < 1.29 is 0 Å². The van der Waals surface area contributed by atoms with Crippen molar-refractivity contribution in [3.63, 3.8) is 0 Å². The predicted molar refractivity (Wildman–Crippen MR) is 336 cm³/mol. The van der Waals surface area contributed by atoms with E-state index >= 15 is 0 Å². The van der Waals surface area contributed by atoms with E-state index in [-0.39, 0.29) is 0 Å². The number of hydrogen-bond donors (Lipinski definition) is 0. The fourth-order valence-corrected chi connectivity index (χ4v) is 4.99. The molecule has 69 heavy (non-hydrogen) atoms. The van der Waals surface area contributed by atoms with Crippen LogP contribution in [-0.4, -0.2) is 15.0 Å². The van der Waals surface area contributed by atoms with Gasteiger partial charge in [0, 0.05) is 35.5 Å². The zero-order chi connectivity index (χ0) is 55.9. The number of fused-ring (bicyclic) bond motifs is 1. The molecule has 3 aromatic carbocycles. The second kappa shape index (κ2) is 115. The van der Waals surface area contributed by atoms with E-state index < -0.39 is 0 Å². The predicted octanol–water partition coefficient (Wildman–Crippen LogP) is 24.8. The first-order valence-electron chi connectivity index (χ1n) is 27.2. The Bertz CT molecular complexity index is 1200. The molecule has 1 aliphatic rings. The summed E-state index contributed by atoms with van der Waals surface area (Å²) in [6.07, 6.45) is 12.9. The van der Waals surface area contributed by atoms with Crippen molar-refractivity contribution in [3.05, 3.63) is 173 Å². The van der Waals surface area contributed by atoms with E-state index in [1.807, 2.05) is 254 Å². The van der Waals surface area contributed by atoms with E-state index in [1.165, 1.54) is 36.5 Å². The smallest absolute Gasteiger partial charge is 0.0791 e. The van der Waals surface area contributed by atoms with Gasteiger partial charge in [-0.3, -0.25) is 15.0 Å². The van der Waals surface area contributed by atoms with Crippen LogP contribution in [0.25, 0.3) is 10.8 Å². The van der Waals surface area contributed by atoms with Gasteiger partial charge in [0.2, 0.25) is 0 Å². The average Bonchev–Trinajstić information content (AvgIpc) is 4.38. The molecule has 4 heterocycles. The summed E-state index contributed by atoms with van der Waals surface area (Å²) in [6, 6.07) is 38.5. The highest BCUT2D eigenvalue weighted by molar-refractivity contribution is 7.08. The number of thiazole rings is 2. The Kier molecular flexibility index (Phi) is 152. The molecule has 8 rings (SSSR count). The van der Waals surface area contributed by atoms with Crippen LogP contribution in [0, 0.1) is 11.8 Å². The molecule has 6 heteroatoms. The third-order valence-electron chi connectivity index (χ3n) is 6.32. The van der Waals surface area contributed by atoms with Gasteiger partial charge < -0.3 is 0 Å². The molecule has 3 nitrogen and oxygen atoms in total. The average molecular weight is 1010 g/mol. The molecular weight excluding hydrogens is 895 g/mol. The van der Waals surface area contributed by atoms with Crippen LogP contribution in [0.4, 0.5) is 0 Å². The van der Waals surface area contributed by atoms with Crippen LogP contribution in [0.2, 0.25) is 0 Å². The van der Waals surface area contributed by atoms with Gasteiger partial charge in [-0.25, -0.2) is 0 Å². The largest absolute Gasteiger partial charge is 0.265 e. The van der Waals surface area contributed by atoms with E-state index in [0.717, 1.165) is 11.8 Å². The highest BCUT2D eigenvalue weighted by Gasteiger charge is 2.13. The summed E-state index contributed by atoms with van der Waals surface area (Å²) in [5, 5.41) is 10.6. The molecule has 0 atom stereocenters.